The van der Waals surface area contributed by atoms with Gasteiger partial charge in [-0.15, -0.1) is 11.3 Å². The third-order valence-corrected chi connectivity index (χ3v) is 6.53. The molecule has 0 atom stereocenters. The van der Waals surface area contributed by atoms with Gasteiger partial charge in [0.15, 0.2) is 9.45 Å². The van der Waals surface area contributed by atoms with Gasteiger partial charge in [-0.1, -0.05) is 36.0 Å². The van der Waals surface area contributed by atoms with Crippen LogP contribution in [0.5, 0.6) is 0 Å². The van der Waals surface area contributed by atoms with E-state index in [4.69, 9.17) is 12.2 Å². The Kier molecular flexibility index (Phi) is 5.56. The molecule has 1 aliphatic carbocycles. The minimum absolute atomic E-state index is 0.208. The molecule has 0 unspecified atom stereocenters. The molecule has 0 spiro atoms. The lowest BCUT2D eigenvalue weighted by molar-refractivity contribution is 0.0943. The number of aromatic nitrogens is 1. The summed E-state index contributed by atoms with van der Waals surface area (Å²) in [5.41, 5.74) is 8.13. The molecule has 27 heavy (non-hydrogen) atoms. The van der Waals surface area contributed by atoms with Gasteiger partial charge in [0.05, 0.1) is 10.2 Å². The van der Waals surface area contributed by atoms with Crippen LogP contribution in [0.4, 0.5) is 0 Å². The second-order valence-corrected chi connectivity index (χ2v) is 8.92. The van der Waals surface area contributed by atoms with E-state index in [0.29, 0.717) is 16.7 Å². The Labute approximate surface area is 170 Å². The Morgan fingerprint density at radius 1 is 1.15 bits per heavy atom. The topological polar surface area (TPSA) is 66.1 Å². The van der Waals surface area contributed by atoms with Crippen molar-refractivity contribution in [3.8, 4) is 0 Å². The highest BCUT2D eigenvalue weighted by Gasteiger charge is 2.21. The normalized spacial score (nSPS) is 13.3. The monoisotopic (exact) mass is 414 g/mol. The summed E-state index contributed by atoms with van der Waals surface area (Å²) in [4.78, 5) is 16.8. The minimum Gasteiger partial charge on any atom is -0.359 e. The largest absolute Gasteiger partial charge is 0.359 e. The predicted octanol–water partition coefficient (Wildman–Crippen LogP) is 3.86. The number of nitrogens with zero attached hydrogens (tertiary/aromatic N) is 1. The molecule has 8 heteroatoms. The van der Waals surface area contributed by atoms with Crippen molar-refractivity contribution < 1.29 is 4.79 Å². The first-order valence-corrected chi connectivity index (χ1v) is 10.8. The van der Waals surface area contributed by atoms with Crippen LogP contribution in [0.3, 0.4) is 0 Å². The van der Waals surface area contributed by atoms with Crippen LogP contribution >= 0.6 is 35.3 Å². The van der Waals surface area contributed by atoms with Crippen LogP contribution in [0.25, 0.3) is 10.2 Å². The summed E-state index contributed by atoms with van der Waals surface area (Å²) in [6.07, 6.45) is 2.26. The second-order valence-electron chi connectivity index (χ2n) is 6.26. The molecule has 0 bridgehead atoms. The molecule has 2 aromatic carbocycles. The van der Waals surface area contributed by atoms with Crippen molar-refractivity contribution in [1.29, 1.82) is 0 Å². The maximum atomic E-state index is 12.2. The molecular weight excluding hydrogens is 396 g/mol. The van der Waals surface area contributed by atoms with Gasteiger partial charge in [0.25, 0.3) is 5.91 Å². The Morgan fingerprint density at radius 3 is 2.67 bits per heavy atom. The van der Waals surface area contributed by atoms with Crippen molar-refractivity contribution >= 4 is 56.6 Å². The van der Waals surface area contributed by atoms with E-state index in [1.54, 1.807) is 23.1 Å². The summed E-state index contributed by atoms with van der Waals surface area (Å²) < 4.78 is 2.26. The van der Waals surface area contributed by atoms with Crippen LogP contribution in [0.15, 0.2) is 52.9 Å². The third-order valence-electron chi connectivity index (χ3n) is 4.05. The van der Waals surface area contributed by atoms with Crippen molar-refractivity contribution in [2.45, 2.75) is 29.0 Å². The average molecular weight is 415 g/mol. The van der Waals surface area contributed by atoms with Gasteiger partial charge < -0.3 is 5.32 Å². The number of carbonyl (C=O) groups excluding carboxylic acids is 1. The lowest BCUT2D eigenvalue weighted by atomic mass is 10.1. The molecule has 4 rings (SSSR count). The van der Waals surface area contributed by atoms with Gasteiger partial charge in [0, 0.05) is 17.4 Å². The maximum absolute atomic E-state index is 12.2. The van der Waals surface area contributed by atoms with Crippen LogP contribution in [-0.4, -0.2) is 22.0 Å². The van der Waals surface area contributed by atoms with Crippen molar-refractivity contribution in [3.05, 3.63) is 59.7 Å². The molecule has 0 aliphatic heterocycles. The first kappa shape index (κ1) is 18.2. The fraction of sp³-hybridized carbons (Fsp3) is 0.211. The molecule has 1 saturated carbocycles. The maximum Gasteiger partial charge on any atom is 0.269 e. The molecule has 0 saturated heterocycles. The minimum atomic E-state index is -0.208. The number of rotatable bonds is 5. The molecule has 3 N–H and O–H groups in total. The van der Waals surface area contributed by atoms with Gasteiger partial charge in [0.1, 0.15) is 0 Å². The first-order chi connectivity index (χ1) is 13.2. The highest BCUT2D eigenvalue weighted by molar-refractivity contribution is 8.00. The van der Waals surface area contributed by atoms with Crippen molar-refractivity contribution in [1.82, 2.24) is 21.2 Å². The molecule has 1 fully saturated rings. The summed E-state index contributed by atoms with van der Waals surface area (Å²) in [5, 5.41) is 3.56. The van der Waals surface area contributed by atoms with E-state index in [9.17, 15) is 4.79 Å². The summed E-state index contributed by atoms with van der Waals surface area (Å²) in [5.74, 6) is 0.607. The molecule has 5 nitrogen and oxygen atoms in total. The van der Waals surface area contributed by atoms with Crippen LogP contribution in [0.1, 0.15) is 28.8 Å². The number of thioether (sulfide) groups is 1. The zero-order chi connectivity index (χ0) is 18.6. The Morgan fingerprint density at radius 2 is 1.93 bits per heavy atom. The lowest BCUT2D eigenvalue weighted by Gasteiger charge is -2.11. The number of fused-ring (bicyclic) bond motifs is 1. The van der Waals surface area contributed by atoms with Gasteiger partial charge in [-0.25, -0.2) is 4.98 Å². The molecule has 138 valence electrons. The molecule has 3 aromatic rings. The lowest BCUT2D eigenvalue weighted by Crippen LogP contribution is -2.47. The second kappa shape index (κ2) is 8.24. The fourth-order valence-electron chi connectivity index (χ4n) is 2.45. The van der Waals surface area contributed by atoms with Gasteiger partial charge in [-0.2, -0.15) is 0 Å². The van der Waals surface area contributed by atoms with E-state index in [-0.39, 0.29) is 5.91 Å². The first-order valence-electron chi connectivity index (χ1n) is 8.61. The van der Waals surface area contributed by atoms with Crippen LogP contribution in [0.2, 0.25) is 0 Å². The van der Waals surface area contributed by atoms with Crippen LogP contribution < -0.4 is 16.2 Å². The summed E-state index contributed by atoms with van der Waals surface area (Å²) in [6, 6.07) is 16.2. The number of amides is 1. The number of hydrogen-bond acceptors (Lipinski definition) is 5. The van der Waals surface area contributed by atoms with Crippen molar-refractivity contribution in [2.24, 2.45) is 0 Å². The Balaban J connectivity index is 1.28. The number of hydrogen-bond donors (Lipinski definition) is 3. The highest BCUT2D eigenvalue weighted by Crippen LogP contribution is 2.31. The molecule has 1 heterocycles. The molecule has 1 amide bonds. The van der Waals surface area contributed by atoms with E-state index in [2.05, 4.69) is 27.2 Å². The number of hydrazine groups is 1. The number of thiazole rings is 1. The van der Waals surface area contributed by atoms with Crippen LogP contribution in [-0.2, 0) is 5.75 Å². The summed E-state index contributed by atoms with van der Waals surface area (Å²) in [7, 11) is 0. The SMILES string of the molecule is O=C(NNC(=S)NC1CC1)c1ccc(CSc2nc3ccccc3s2)cc1. The van der Waals surface area contributed by atoms with Crippen LogP contribution in [0, 0.1) is 0 Å². The zero-order valence-corrected chi connectivity index (χ0v) is 16.8. The average Bonchev–Trinajstić information content (AvgIpc) is 3.40. The molecule has 0 radical (unpaired) electrons. The summed E-state index contributed by atoms with van der Waals surface area (Å²) in [6.45, 7) is 0. The zero-order valence-electron chi connectivity index (χ0n) is 14.4. The van der Waals surface area contributed by atoms with Gasteiger partial charge in [-0.05, 0) is 54.9 Å². The Bertz CT molecular complexity index is 934. The van der Waals surface area contributed by atoms with E-state index in [1.807, 2.05) is 42.5 Å². The quantitative estimate of drug-likeness (QED) is 0.335. The molecule has 1 aromatic heterocycles. The molecule has 1 aliphatic rings. The van der Waals surface area contributed by atoms with Gasteiger partial charge in [0.2, 0.25) is 0 Å². The Hall–Kier alpha value is -2.16. The third kappa shape index (κ3) is 4.97. The van der Waals surface area contributed by atoms with Crippen molar-refractivity contribution in [3.63, 3.8) is 0 Å². The predicted molar refractivity (Wildman–Crippen MR) is 115 cm³/mol. The van der Waals surface area contributed by atoms with E-state index in [0.717, 1.165) is 34.0 Å². The molecular formula is C19H18N4OS3. The smallest absolute Gasteiger partial charge is 0.269 e. The summed E-state index contributed by atoms with van der Waals surface area (Å²) >= 11 is 8.53. The van der Waals surface area contributed by atoms with E-state index < -0.39 is 0 Å². The number of para-hydroxylation sites is 1. The number of thiocarbonyl (C=S) groups is 1. The standard InChI is InChI=1S/C19H18N4OS3/c24-17(22-23-18(25)20-14-9-10-14)13-7-5-12(6-8-13)11-26-19-21-15-3-1-2-4-16(15)27-19/h1-8,14H,9-11H2,(H,22,24)(H2,20,23,25). The number of nitrogens with one attached hydrogen (secondary N) is 3. The number of carbonyl (C=O) groups is 1. The van der Waals surface area contributed by atoms with Gasteiger partial charge in [-0.3, -0.25) is 15.6 Å². The number of benzene rings is 2. The van der Waals surface area contributed by atoms with Crippen molar-refractivity contribution in [2.75, 3.05) is 0 Å². The van der Waals surface area contributed by atoms with Gasteiger partial charge >= 0.3 is 0 Å². The fourth-order valence-corrected chi connectivity index (χ4v) is 4.69. The van der Waals surface area contributed by atoms with E-state index in [1.165, 1.54) is 4.70 Å². The van der Waals surface area contributed by atoms with E-state index >= 15 is 0 Å². The highest BCUT2D eigenvalue weighted by atomic mass is 32.2.